The molecule has 2 bridgehead atoms. The van der Waals surface area contributed by atoms with Crippen LogP contribution >= 0.6 is 11.8 Å². The van der Waals surface area contributed by atoms with Gasteiger partial charge >= 0.3 is 0 Å². The number of rotatable bonds is 6. The number of fused-ring (bicyclic) bond motifs is 4. The Balaban J connectivity index is 1.18. The summed E-state index contributed by atoms with van der Waals surface area (Å²) in [6, 6.07) is 7.24. The third kappa shape index (κ3) is 3.95. The molecule has 2 saturated heterocycles. The molecule has 2 aliphatic carbocycles. The quantitative estimate of drug-likeness (QED) is 0.442. The zero-order valence-electron chi connectivity index (χ0n) is 21.3. The number of hydrogen-bond acceptors (Lipinski definition) is 8. The fraction of sp³-hybridized carbons (Fsp3) is 0.593. The van der Waals surface area contributed by atoms with E-state index in [0.717, 1.165) is 17.3 Å². The van der Waals surface area contributed by atoms with E-state index < -0.39 is 17.6 Å². The standard InChI is InChI=1S/C27H32FN5O3S/c1-26(2)35-22-19(12-37-20-7-5-4-6-17(20)28)34-25(27(22,3)36-26)33-14-31-21-23(29-13-30-24(21)33)32-18-11-15-8-9-16(18)10-15/h4-7,13-16,18-19,22,25H,8-12H2,1-3H3,(H,29,30,32)/t15-,16+,18-,19+,22+,25+,27+/m0/s1. The summed E-state index contributed by atoms with van der Waals surface area (Å²) in [5.74, 6) is 1.84. The van der Waals surface area contributed by atoms with E-state index in [1.807, 2.05) is 31.4 Å². The van der Waals surface area contributed by atoms with Gasteiger partial charge in [-0.05, 0) is 64.0 Å². The summed E-state index contributed by atoms with van der Waals surface area (Å²) in [6.45, 7) is 5.85. The lowest BCUT2D eigenvalue weighted by molar-refractivity contribution is -0.212. The Labute approximate surface area is 219 Å². The fourth-order valence-corrected chi connectivity index (χ4v) is 7.95. The van der Waals surface area contributed by atoms with Gasteiger partial charge in [-0.25, -0.2) is 19.3 Å². The molecule has 7 rings (SSSR count). The van der Waals surface area contributed by atoms with Crippen LogP contribution in [0.5, 0.6) is 0 Å². The van der Waals surface area contributed by atoms with Gasteiger partial charge in [-0.2, -0.15) is 0 Å². The van der Waals surface area contributed by atoms with E-state index in [1.54, 1.807) is 24.8 Å². The smallest absolute Gasteiger partial charge is 0.168 e. The highest BCUT2D eigenvalue weighted by Crippen LogP contribution is 2.52. The minimum absolute atomic E-state index is 0.235. The summed E-state index contributed by atoms with van der Waals surface area (Å²) in [4.78, 5) is 14.5. The number of ether oxygens (including phenoxy) is 3. The Bertz CT molecular complexity index is 1340. The molecule has 1 aromatic carbocycles. The summed E-state index contributed by atoms with van der Waals surface area (Å²) in [5.41, 5.74) is 0.651. The Hall–Kier alpha value is -2.27. The van der Waals surface area contributed by atoms with Crippen LogP contribution in [-0.4, -0.2) is 54.9 Å². The van der Waals surface area contributed by atoms with E-state index in [-0.39, 0.29) is 18.0 Å². The highest BCUT2D eigenvalue weighted by molar-refractivity contribution is 7.99. The Morgan fingerprint density at radius 3 is 2.78 bits per heavy atom. The first-order valence-electron chi connectivity index (χ1n) is 13.2. The number of aromatic nitrogens is 4. The number of anilines is 1. The van der Waals surface area contributed by atoms with Gasteiger partial charge in [0.1, 0.15) is 23.8 Å². The minimum Gasteiger partial charge on any atom is -0.365 e. The molecule has 0 spiro atoms. The first-order valence-corrected chi connectivity index (χ1v) is 14.1. The van der Waals surface area contributed by atoms with E-state index in [4.69, 9.17) is 19.2 Å². The van der Waals surface area contributed by atoms with Crippen molar-refractivity contribution in [2.24, 2.45) is 11.8 Å². The van der Waals surface area contributed by atoms with Gasteiger partial charge in [0.2, 0.25) is 0 Å². The summed E-state index contributed by atoms with van der Waals surface area (Å²) in [6.07, 6.45) is 7.35. The van der Waals surface area contributed by atoms with Crippen molar-refractivity contribution in [3.63, 3.8) is 0 Å². The molecule has 8 nitrogen and oxygen atoms in total. The van der Waals surface area contributed by atoms with Gasteiger partial charge in [0.25, 0.3) is 0 Å². The van der Waals surface area contributed by atoms with Crippen molar-refractivity contribution < 1.29 is 18.6 Å². The van der Waals surface area contributed by atoms with Gasteiger partial charge in [0.05, 0.1) is 12.4 Å². The normalized spacial score (nSPS) is 35.9. The summed E-state index contributed by atoms with van der Waals surface area (Å²) in [7, 11) is 0. The lowest BCUT2D eigenvalue weighted by Crippen LogP contribution is -2.42. The number of hydrogen-bond donors (Lipinski definition) is 1. The predicted molar refractivity (Wildman–Crippen MR) is 138 cm³/mol. The Morgan fingerprint density at radius 1 is 1.14 bits per heavy atom. The number of nitrogens with one attached hydrogen (secondary N) is 1. The highest BCUT2D eigenvalue weighted by Gasteiger charge is 2.64. The van der Waals surface area contributed by atoms with Crippen LogP contribution in [0.4, 0.5) is 10.2 Å². The summed E-state index contributed by atoms with van der Waals surface area (Å²) >= 11 is 1.42. The molecule has 2 saturated carbocycles. The molecular formula is C27H32FN5O3S. The molecule has 4 fully saturated rings. The maximum absolute atomic E-state index is 14.3. The Morgan fingerprint density at radius 2 is 2.00 bits per heavy atom. The molecule has 0 amide bonds. The topological polar surface area (TPSA) is 83.3 Å². The van der Waals surface area contributed by atoms with Crippen LogP contribution in [0.25, 0.3) is 11.2 Å². The van der Waals surface area contributed by atoms with Crippen molar-refractivity contribution in [3.8, 4) is 0 Å². The first-order chi connectivity index (χ1) is 17.8. The van der Waals surface area contributed by atoms with Crippen LogP contribution in [0.1, 0.15) is 52.7 Å². The van der Waals surface area contributed by atoms with Crippen molar-refractivity contribution >= 4 is 28.7 Å². The van der Waals surface area contributed by atoms with Crippen LogP contribution in [0.3, 0.4) is 0 Å². The van der Waals surface area contributed by atoms with E-state index in [2.05, 4.69) is 15.3 Å². The molecule has 4 heterocycles. The van der Waals surface area contributed by atoms with Crippen molar-refractivity contribution in [2.75, 3.05) is 11.1 Å². The second kappa shape index (κ2) is 8.62. The van der Waals surface area contributed by atoms with Crippen LogP contribution in [0.2, 0.25) is 0 Å². The lowest BCUT2D eigenvalue weighted by Gasteiger charge is -2.30. The second-order valence-corrected chi connectivity index (χ2v) is 12.5. The molecule has 37 heavy (non-hydrogen) atoms. The second-order valence-electron chi connectivity index (χ2n) is 11.5. The van der Waals surface area contributed by atoms with Gasteiger partial charge < -0.3 is 19.5 Å². The Kier molecular flexibility index (Phi) is 5.55. The minimum atomic E-state index is -0.777. The van der Waals surface area contributed by atoms with Gasteiger partial charge in [-0.15, -0.1) is 11.8 Å². The first kappa shape index (κ1) is 23.8. The number of imidazole rings is 1. The van der Waals surface area contributed by atoms with Crippen molar-refractivity contribution in [3.05, 3.63) is 42.7 Å². The molecule has 4 aliphatic rings. The number of halogens is 1. The molecular weight excluding hydrogens is 493 g/mol. The van der Waals surface area contributed by atoms with E-state index in [1.165, 1.54) is 43.5 Å². The van der Waals surface area contributed by atoms with Gasteiger partial charge in [-0.3, -0.25) is 4.57 Å². The third-order valence-electron chi connectivity index (χ3n) is 8.48. The van der Waals surface area contributed by atoms with E-state index in [0.29, 0.717) is 28.3 Å². The predicted octanol–water partition coefficient (Wildman–Crippen LogP) is 5.17. The van der Waals surface area contributed by atoms with E-state index >= 15 is 0 Å². The van der Waals surface area contributed by atoms with Gasteiger partial charge in [0, 0.05) is 16.7 Å². The largest absolute Gasteiger partial charge is 0.365 e. The molecule has 1 N–H and O–H groups in total. The zero-order chi connectivity index (χ0) is 25.4. The molecule has 0 radical (unpaired) electrons. The van der Waals surface area contributed by atoms with E-state index in [9.17, 15) is 4.39 Å². The molecule has 2 aromatic heterocycles. The SMILES string of the molecule is CC1(C)O[C@@H]2[C@@H](CSc3ccccc3F)O[C@@H](n3cnc4c(N[C@H]5C[C@H]6CC[C@@H]5C6)ncnc43)[C@]2(C)O1. The molecule has 7 atom stereocenters. The average molecular weight is 526 g/mol. The fourth-order valence-electron chi connectivity index (χ4n) is 6.97. The van der Waals surface area contributed by atoms with Crippen LogP contribution in [0.15, 0.2) is 41.8 Å². The number of thioether (sulfide) groups is 1. The molecule has 10 heteroatoms. The lowest BCUT2D eigenvalue weighted by atomic mass is 9.95. The maximum atomic E-state index is 14.3. The van der Waals surface area contributed by atoms with Crippen LogP contribution < -0.4 is 5.32 Å². The van der Waals surface area contributed by atoms with Crippen LogP contribution in [-0.2, 0) is 14.2 Å². The van der Waals surface area contributed by atoms with Gasteiger partial charge in [0.15, 0.2) is 29.0 Å². The molecule has 0 unspecified atom stereocenters. The van der Waals surface area contributed by atoms with Crippen molar-refractivity contribution in [1.29, 1.82) is 0 Å². The molecule has 3 aromatic rings. The summed E-state index contributed by atoms with van der Waals surface area (Å²) in [5, 5.41) is 3.68. The number of nitrogens with zero attached hydrogens (tertiary/aromatic N) is 4. The van der Waals surface area contributed by atoms with Gasteiger partial charge in [-0.1, -0.05) is 18.6 Å². The average Bonchev–Trinajstić information content (AvgIpc) is 3.66. The monoisotopic (exact) mass is 525 g/mol. The molecule has 196 valence electrons. The zero-order valence-corrected chi connectivity index (χ0v) is 22.1. The highest BCUT2D eigenvalue weighted by atomic mass is 32.2. The third-order valence-corrected chi connectivity index (χ3v) is 9.62. The van der Waals surface area contributed by atoms with Crippen molar-refractivity contribution in [2.45, 2.75) is 87.2 Å². The van der Waals surface area contributed by atoms with Crippen molar-refractivity contribution in [1.82, 2.24) is 19.5 Å². The maximum Gasteiger partial charge on any atom is 0.168 e. The molecule has 2 aliphatic heterocycles. The summed E-state index contributed by atoms with van der Waals surface area (Å²) < 4.78 is 35.7. The number of benzene rings is 1. The van der Waals surface area contributed by atoms with Crippen LogP contribution in [0, 0.1) is 17.7 Å².